The Balaban J connectivity index is 1.55. The van der Waals surface area contributed by atoms with Crippen LogP contribution in [-0.4, -0.2) is 54.9 Å². The van der Waals surface area contributed by atoms with E-state index in [1.807, 2.05) is 18.2 Å². The normalized spacial score (nSPS) is 14.2. The van der Waals surface area contributed by atoms with Crippen molar-refractivity contribution in [2.24, 2.45) is 0 Å². The zero-order valence-corrected chi connectivity index (χ0v) is 15.4. The molecule has 136 valence electrons. The number of ether oxygens (including phenoxy) is 1. The second kappa shape index (κ2) is 8.23. The number of hydrogen-bond donors (Lipinski definition) is 0. The molecule has 5 nitrogen and oxygen atoms in total. The Morgan fingerprint density at radius 2 is 1.58 bits per heavy atom. The van der Waals surface area contributed by atoms with Gasteiger partial charge in [-0.1, -0.05) is 29.8 Å². The molecule has 1 fully saturated rings. The molecule has 0 aliphatic carbocycles. The largest absolute Gasteiger partial charge is 0.497 e. The molecule has 0 unspecified atom stereocenters. The van der Waals surface area contributed by atoms with Crippen molar-refractivity contribution in [2.75, 3.05) is 33.3 Å². The third-order valence-electron chi connectivity index (χ3n) is 4.56. The number of halogens is 1. The van der Waals surface area contributed by atoms with Crippen molar-refractivity contribution in [3.8, 4) is 5.75 Å². The van der Waals surface area contributed by atoms with Gasteiger partial charge in [0.25, 0.3) is 5.91 Å². The minimum absolute atomic E-state index is 0.0224. The quantitative estimate of drug-likeness (QED) is 0.829. The number of piperazine rings is 1. The Labute approximate surface area is 158 Å². The van der Waals surface area contributed by atoms with Crippen molar-refractivity contribution in [1.29, 1.82) is 0 Å². The van der Waals surface area contributed by atoms with Gasteiger partial charge in [0.1, 0.15) is 5.75 Å². The molecule has 2 aromatic rings. The van der Waals surface area contributed by atoms with Crippen LogP contribution in [0.5, 0.6) is 5.75 Å². The first-order valence-electron chi connectivity index (χ1n) is 8.53. The summed E-state index contributed by atoms with van der Waals surface area (Å²) in [6, 6.07) is 14.4. The highest BCUT2D eigenvalue weighted by atomic mass is 35.5. The molecule has 0 bridgehead atoms. The maximum absolute atomic E-state index is 12.6. The van der Waals surface area contributed by atoms with E-state index in [1.54, 1.807) is 47.2 Å². The fourth-order valence-electron chi connectivity index (χ4n) is 2.99. The van der Waals surface area contributed by atoms with Crippen molar-refractivity contribution in [3.63, 3.8) is 0 Å². The van der Waals surface area contributed by atoms with Crippen LogP contribution in [0.2, 0.25) is 5.02 Å². The van der Waals surface area contributed by atoms with Crippen LogP contribution in [0.15, 0.2) is 48.5 Å². The van der Waals surface area contributed by atoms with Gasteiger partial charge in [-0.05, 0) is 35.9 Å². The summed E-state index contributed by atoms with van der Waals surface area (Å²) >= 11 is 6.13. The van der Waals surface area contributed by atoms with Crippen molar-refractivity contribution in [3.05, 3.63) is 64.7 Å². The lowest BCUT2D eigenvalue weighted by molar-refractivity contribution is -0.131. The molecule has 1 aliphatic heterocycles. The molecule has 0 spiro atoms. The van der Waals surface area contributed by atoms with Gasteiger partial charge in [0.2, 0.25) is 5.91 Å². The van der Waals surface area contributed by atoms with Crippen molar-refractivity contribution in [2.45, 2.75) is 6.42 Å². The lowest BCUT2D eigenvalue weighted by atomic mass is 10.1. The van der Waals surface area contributed by atoms with Gasteiger partial charge in [0.15, 0.2) is 0 Å². The number of carbonyl (C=O) groups is 2. The summed E-state index contributed by atoms with van der Waals surface area (Å²) < 4.78 is 5.11. The van der Waals surface area contributed by atoms with Gasteiger partial charge in [-0.25, -0.2) is 0 Å². The Bertz CT molecular complexity index is 784. The van der Waals surface area contributed by atoms with E-state index in [2.05, 4.69) is 0 Å². The van der Waals surface area contributed by atoms with E-state index in [4.69, 9.17) is 16.3 Å². The highest BCUT2D eigenvalue weighted by Gasteiger charge is 2.25. The first kappa shape index (κ1) is 18.3. The summed E-state index contributed by atoms with van der Waals surface area (Å²) in [7, 11) is 1.59. The van der Waals surface area contributed by atoms with Crippen LogP contribution in [-0.2, 0) is 11.2 Å². The molecule has 26 heavy (non-hydrogen) atoms. The molecule has 2 aromatic carbocycles. The van der Waals surface area contributed by atoms with Crippen molar-refractivity contribution < 1.29 is 14.3 Å². The lowest BCUT2D eigenvalue weighted by Gasteiger charge is -2.35. The van der Waals surface area contributed by atoms with Crippen LogP contribution in [0.3, 0.4) is 0 Å². The highest BCUT2D eigenvalue weighted by molar-refractivity contribution is 6.31. The van der Waals surface area contributed by atoms with E-state index >= 15 is 0 Å². The molecule has 0 atom stereocenters. The van der Waals surface area contributed by atoms with E-state index in [-0.39, 0.29) is 18.2 Å². The molecular weight excluding hydrogens is 352 g/mol. The molecular formula is C20H21ClN2O3. The topological polar surface area (TPSA) is 49.9 Å². The minimum atomic E-state index is -0.0224. The van der Waals surface area contributed by atoms with Gasteiger partial charge in [0.05, 0.1) is 13.5 Å². The van der Waals surface area contributed by atoms with E-state index < -0.39 is 0 Å². The molecule has 0 radical (unpaired) electrons. The molecule has 2 amide bonds. The SMILES string of the molecule is COc1ccc(C(=O)N2CCN(C(=O)Cc3ccccc3Cl)CC2)cc1. The molecule has 1 saturated heterocycles. The van der Waals surface area contributed by atoms with Crippen LogP contribution in [0.4, 0.5) is 0 Å². The van der Waals surface area contributed by atoms with E-state index in [0.717, 1.165) is 11.3 Å². The van der Waals surface area contributed by atoms with E-state index in [9.17, 15) is 9.59 Å². The van der Waals surface area contributed by atoms with Gasteiger partial charge in [-0.2, -0.15) is 0 Å². The maximum atomic E-state index is 12.6. The summed E-state index contributed by atoms with van der Waals surface area (Å²) in [5.74, 6) is 0.733. The number of benzene rings is 2. The molecule has 3 rings (SSSR count). The minimum Gasteiger partial charge on any atom is -0.497 e. The Kier molecular flexibility index (Phi) is 5.78. The zero-order valence-electron chi connectivity index (χ0n) is 14.7. The summed E-state index contributed by atoms with van der Waals surface area (Å²) in [6.07, 6.45) is 0.284. The van der Waals surface area contributed by atoms with Gasteiger partial charge in [-0.15, -0.1) is 0 Å². The number of carbonyl (C=O) groups excluding carboxylic acids is 2. The average molecular weight is 373 g/mol. The Morgan fingerprint density at radius 1 is 0.962 bits per heavy atom. The molecule has 1 heterocycles. The Hall–Kier alpha value is -2.53. The van der Waals surface area contributed by atoms with Crippen LogP contribution < -0.4 is 4.74 Å². The van der Waals surface area contributed by atoms with Gasteiger partial charge in [0, 0.05) is 36.8 Å². The van der Waals surface area contributed by atoms with Gasteiger partial charge < -0.3 is 14.5 Å². The predicted molar refractivity (Wildman–Crippen MR) is 101 cm³/mol. The molecule has 0 N–H and O–H groups in total. The fourth-order valence-corrected chi connectivity index (χ4v) is 3.19. The summed E-state index contributed by atoms with van der Waals surface area (Å²) in [4.78, 5) is 28.6. The second-order valence-corrected chi connectivity index (χ2v) is 6.58. The van der Waals surface area contributed by atoms with Crippen LogP contribution in [0.25, 0.3) is 0 Å². The lowest BCUT2D eigenvalue weighted by Crippen LogP contribution is -2.51. The number of methoxy groups -OCH3 is 1. The first-order chi connectivity index (χ1) is 12.6. The standard InChI is InChI=1S/C20H21ClN2O3/c1-26-17-8-6-15(7-9-17)20(25)23-12-10-22(11-13-23)19(24)14-16-4-2-3-5-18(16)21/h2-9H,10-14H2,1H3. The predicted octanol–water partition coefficient (Wildman–Crippen LogP) is 2.88. The summed E-state index contributed by atoms with van der Waals surface area (Å²) in [5.41, 5.74) is 1.46. The third-order valence-corrected chi connectivity index (χ3v) is 4.92. The number of rotatable bonds is 4. The first-order valence-corrected chi connectivity index (χ1v) is 8.91. The van der Waals surface area contributed by atoms with E-state index in [1.165, 1.54) is 0 Å². The third kappa shape index (κ3) is 4.17. The number of hydrogen-bond acceptors (Lipinski definition) is 3. The summed E-state index contributed by atoms with van der Waals surface area (Å²) in [6.45, 7) is 2.12. The summed E-state index contributed by atoms with van der Waals surface area (Å²) in [5, 5.41) is 0.606. The highest BCUT2D eigenvalue weighted by Crippen LogP contribution is 2.18. The Morgan fingerprint density at radius 3 is 2.19 bits per heavy atom. The van der Waals surface area contributed by atoms with Crippen molar-refractivity contribution in [1.82, 2.24) is 9.80 Å². The van der Waals surface area contributed by atoms with Crippen LogP contribution in [0.1, 0.15) is 15.9 Å². The maximum Gasteiger partial charge on any atom is 0.253 e. The van der Waals surface area contributed by atoms with Crippen molar-refractivity contribution >= 4 is 23.4 Å². The molecule has 0 aromatic heterocycles. The van der Waals surface area contributed by atoms with Gasteiger partial charge in [-0.3, -0.25) is 9.59 Å². The molecule has 0 saturated carbocycles. The molecule has 6 heteroatoms. The van der Waals surface area contributed by atoms with E-state index in [0.29, 0.717) is 36.8 Å². The smallest absolute Gasteiger partial charge is 0.253 e. The monoisotopic (exact) mass is 372 g/mol. The number of nitrogens with zero attached hydrogens (tertiary/aromatic N) is 2. The number of amides is 2. The zero-order chi connectivity index (χ0) is 18.5. The van der Waals surface area contributed by atoms with Crippen LogP contribution in [0, 0.1) is 0 Å². The van der Waals surface area contributed by atoms with Gasteiger partial charge >= 0.3 is 0 Å². The molecule has 1 aliphatic rings. The average Bonchev–Trinajstić information content (AvgIpc) is 2.69. The van der Waals surface area contributed by atoms with Crippen LogP contribution >= 0.6 is 11.6 Å². The second-order valence-electron chi connectivity index (χ2n) is 6.17. The fraction of sp³-hybridized carbons (Fsp3) is 0.300.